The van der Waals surface area contributed by atoms with Crippen molar-refractivity contribution >= 4 is 50.7 Å². The molecule has 2 aromatic heterocycles. The molecule has 23 heavy (non-hydrogen) atoms. The summed E-state index contributed by atoms with van der Waals surface area (Å²) in [6.45, 7) is 0. The molecule has 1 aromatic carbocycles. The van der Waals surface area contributed by atoms with Crippen LogP contribution in [-0.4, -0.2) is 10.9 Å². The summed E-state index contributed by atoms with van der Waals surface area (Å²) in [5.41, 5.74) is 2.40. The Bertz CT molecular complexity index is 867. The lowest BCUT2D eigenvalue weighted by atomic mass is 10.0. The second kappa shape index (κ2) is 5.86. The maximum Gasteiger partial charge on any atom is 0.268 e. The van der Waals surface area contributed by atoms with Crippen molar-refractivity contribution in [1.82, 2.24) is 10.3 Å². The molecule has 2 heterocycles. The number of hydrogen-bond donors (Lipinski definition) is 2. The molecule has 3 aromatic rings. The largest absolute Gasteiger partial charge is 0.349 e. The first kappa shape index (κ1) is 15.1. The molecule has 6 heteroatoms. The topological polar surface area (TPSA) is 44.9 Å². The molecule has 2 N–H and O–H groups in total. The van der Waals surface area contributed by atoms with Gasteiger partial charge in [-0.2, -0.15) is 0 Å². The lowest BCUT2D eigenvalue weighted by Crippen LogP contribution is -2.30. The van der Waals surface area contributed by atoms with Gasteiger partial charge in [-0.1, -0.05) is 53.5 Å². The van der Waals surface area contributed by atoms with E-state index in [0.717, 1.165) is 28.6 Å². The average molecular weight is 365 g/mol. The first-order valence-corrected chi connectivity index (χ1v) is 9.03. The molecule has 4 rings (SSSR count). The lowest BCUT2D eigenvalue weighted by molar-refractivity contribution is 0.0927. The summed E-state index contributed by atoms with van der Waals surface area (Å²) in [5.74, 6) is 0.414. The molecular formula is C17H14Cl2N2OS. The van der Waals surface area contributed by atoms with E-state index >= 15 is 0 Å². The normalized spacial score (nSPS) is 15.7. The molecule has 1 aliphatic rings. The van der Waals surface area contributed by atoms with Crippen LogP contribution in [0.3, 0.4) is 0 Å². The van der Waals surface area contributed by atoms with Gasteiger partial charge in [0.15, 0.2) is 0 Å². The van der Waals surface area contributed by atoms with E-state index < -0.39 is 0 Å². The molecule has 118 valence electrons. The summed E-state index contributed by atoms with van der Waals surface area (Å²) in [6, 6.07) is 12.0. The van der Waals surface area contributed by atoms with Gasteiger partial charge in [0.25, 0.3) is 5.91 Å². The van der Waals surface area contributed by atoms with Gasteiger partial charge in [-0.15, -0.1) is 11.3 Å². The molecule has 1 saturated carbocycles. The minimum Gasteiger partial charge on any atom is -0.349 e. The summed E-state index contributed by atoms with van der Waals surface area (Å²) in [5, 5.41) is 3.63. The van der Waals surface area contributed by atoms with Gasteiger partial charge < -0.3 is 10.3 Å². The van der Waals surface area contributed by atoms with E-state index in [2.05, 4.69) is 22.4 Å². The molecule has 1 unspecified atom stereocenters. The fourth-order valence-electron chi connectivity index (χ4n) is 2.82. The number of thiophene rings is 1. The minimum absolute atomic E-state index is 0.0593. The summed E-state index contributed by atoms with van der Waals surface area (Å²) in [6.07, 6.45) is 2.31. The van der Waals surface area contributed by atoms with Crippen molar-refractivity contribution in [3.05, 3.63) is 57.0 Å². The number of amides is 1. The summed E-state index contributed by atoms with van der Waals surface area (Å²) < 4.78 is 1.44. The van der Waals surface area contributed by atoms with Crippen LogP contribution in [0, 0.1) is 5.92 Å². The third-order valence-electron chi connectivity index (χ3n) is 4.16. The second-order valence-electron chi connectivity index (χ2n) is 5.81. The molecule has 0 saturated heterocycles. The van der Waals surface area contributed by atoms with Crippen LogP contribution < -0.4 is 5.32 Å². The molecular weight excluding hydrogens is 351 g/mol. The SMILES string of the molecule is O=C(NC(c1ccccc1)C1CC1)c1cc2sc(Cl)c(Cl)c2[nH]1. The predicted octanol–water partition coefficient (Wildman–Crippen LogP) is 5.42. The van der Waals surface area contributed by atoms with Crippen LogP contribution in [0.2, 0.25) is 9.36 Å². The van der Waals surface area contributed by atoms with E-state index in [9.17, 15) is 4.79 Å². The predicted molar refractivity (Wildman–Crippen MR) is 95.6 cm³/mol. The van der Waals surface area contributed by atoms with Gasteiger partial charge in [-0.25, -0.2) is 0 Å². The van der Waals surface area contributed by atoms with Gasteiger partial charge in [0, 0.05) is 0 Å². The fraction of sp³-hybridized carbons (Fsp3) is 0.235. The van der Waals surface area contributed by atoms with Gasteiger partial charge in [0.05, 0.1) is 21.3 Å². The zero-order chi connectivity index (χ0) is 16.0. The monoisotopic (exact) mass is 364 g/mol. The summed E-state index contributed by atoms with van der Waals surface area (Å²) in [7, 11) is 0. The first-order chi connectivity index (χ1) is 11.1. The van der Waals surface area contributed by atoms with Crippen molar-refractivity contribution in [3.63, 3.8) is 0 Å². The zero-order valence-electron chi connectivity index (χ0n) is 12.1. The van der Waals surface area contributed by atoms with Crippen molar-refractivity contribution in [2.24, 2.45) is 5.92 Å². The number of aromatic nitrogens is 1. The van der Waals surface area contributed by atoms with Gasteiger partial charge in [0.2, 0.25) is 0 Å². The third-order valence-corrected chi connectivity index (χ3v) is 6.09. The summed E-state index contributed by atoms with van der Waals surface area (Å²) >= 11 is 13.5. The highest BCUT2D eigenvalue weighted by Gasteiger charge is 2.33. The van der Waals surface area contributed by atoms with Gasteiger partial charge >= 0.3 is 0 Å². The quantitative estimate of drug-likeness (QED) is 0.637. The highest BCUT2D eigenvalue weighted by molar-refractivity contribution is 7.23. The molecule has 1 fully saturated rings. The number of nitrogens with one attached hydrogen (secondary N) is 2. The lowest BCUT2D eigenvalue weighted by Gasteiger charge is -2.18. The van der Waals surface area contributed by atoms with E-state index in [1.54, 1.807) is 0 Å². The van der Waals surface area contributed by atoms with E-state index in [0.29, 0.717) is 21.0 Å². The summed E-state index contributed by atoms with van der Waals surface area (Å²) in [4.78, 5) is 15.7. The van der Waals surface area contributed by atoms with Gasteiger partial charge in [-0.3, -0.25) is 4.79 Å². The number of hydrogen-bond acceptors (Lipinski definition) is 2. The Morgan fingerprint density at radius 2 is 2.00 bits per heavy atom. The number of H-pyrrole nitrogens is 1. The zero-order valence-corrected chi connectivity index (χ0v) is 14.4. The molecule has 0 bridgehead atoms. The van der Waals surface area contributed by atoms with Crippen LogP contribution in [-0.2, 0) is 0 Å². The van der Waals surface area contributed by atoms with Crippen LogP contribution in [0.25, 0.3) is 10.2 Å². The molecule has 0 radical (unpaired) electrons. The molecule has 1 amide bonds. The minimum atomic E-state index is -0.110. The number of aromatic amines is 1. The Balaban J connectivity index is 1.59. The highest BCUT2D eigenvalue weighted by Crippen LogP contribution is 2.42. The third kappa shape index (κ3) is 2.87. The van der Waals surface area contributed by atoms with E-state index in [-0.39, 0.29) is 11.9 Å². The van der Waals surface area contributed by atoms with E-state index in [1.807, 2.05) is 24.3 Å². The Morgan fingerprint density at radius 3 is 2.65 bits per heavy atom. The number of benzene rings is 1. The van der Waals surface area contributed by atoms with Crippen molar-refractivity contribution < 1.29 is 4.79 Å². The first-order valence-electron chi connectivity index (χ1n) is 7.46. The van der Waals surface area contributed by atoms with Crippen LogP contribution in [0.4, 0.5) is 0 Å². The Hall–Kier alpha value is -1.49. The van der Waals surface area contributed by atoms with Crippen molar-refractivity contribution in [2.75, 3.05) is 0 Å². The van der Waals surface area contributed by atoms with Crippen LogP contribution in [0.15, 0.2) is 36.4 Å². The number of fused-ring (bicyclic) bond motifs is 1. The Labute approximate surface area is 147 Å². The second-order valence-corrected chi connectivity index (χ2v) is 7.84. The number of carbonyl (C=O) groups is 1. The maximum absolute atomic E-state index is 12.6. The van der Waals surface area contributed by atoms with Crippen LogP contribution in [0.5, 0.6) is 0 Å². The molecule has 1 aliphatic carbocycles. The smallest absolute Gasteiger partial charge is 0.268 e. The van der Waals surface area contributed by atoms with Crippen LogP contribution >= 0.6 is 34.5 Å². The average Bonchev–Trinajstić information content (AvgIpc) is 3.26. The van der Waals surface area contributed by atoms with Crippen molar-refractivity contribution in [1.29, 1.82) is 0 Å². The molecule has 1 atom stereocenters. The van der Waals surface area contributed by atoms with Crippen molar-refractivity contribution in [2.45, 2.75) is 18.9 Å². The molecule has 3 nitrogen and oxygen atoms in total. The highest BCUT2D eigenvalue weighted by atomic mass is 35.5. The Morgan fingerprint density at radius 1 is 1.26 bits per heavy atom. The molecule has 0 aliphatic heterocycles. The number of halogens is 2. The van der Waals surface area contributed by atoms with Crippen molar-refractivity contribution in [3.8, 4) is 0 Å². The van der Waals surface area contributed by atoms with Gasteiger partial charge in [-0.05, 0) is 30.4 Å². The standard InChI is InChI=1S/C17H14Cl2N2OS/c18-13-15-12(23-16(13)19)8-11(20-15)17(22)21-14(10-6-7-10)9-4-2-1-3-5-9/h1-5,8,10,14,20H,6-7H2,(H,21,22). The van der Waals surface area contributed by atoms with E-state index in [1.165, 1.54) is 11.3 Å². The maximum atomic E-state index is 12.6. The number of carbonyl (C=O) groups excluding carboxylic acids is 1. The molecule has 0 spiro atoms. The number of rotatable bonds is 4. The van der Waals surface area contributed by atoms with Gasteiger partial charge in [0.1, 0.15) is 10.0 Å². The van der Waals surface area contributed by atoms with E-state index in [4.69, 9.17) is 23.2 Å². The fourth-order valence-corrected chi connectivity index (χ4v) is 4.30. The van der Waals surface area contributed by atoms with Crippen LogP contribution in [0.1, 0.15) is 34.9 Å². The Kier molecular flexibility index (Phi) is 3.84.